The van der Waals surface area contributed by atoms with Crippen molar-refractivity contribution < 1.29 is 26.7 Å². The van der Waals surface area contributed by atoms with Crippen LogP contribution in [0.15, 0.2) is 17.0 Å². The van der Waals surface area contributed by atoms with E-state index in [1.54, 1.807) is 0 Å². The topological polar surface area (TPSA) is 72.5 Å². The van der Waals surface area contributed by atoms with Gasteiger partial charge >= 0.3 is 0 Å². The van der Waals surface area contributed by atoms with Crippen molar-refractivity contribution in [3.05, 3.63) is 23.8 Å². The first-order chi connectivity index (χ1) is 9.79. The molecule has 0 spiro atoms. The highest BCUT2D eigenvalue weighted by atomic mass is 35.7. The highest BCUT2D eigenvalue weighted by Crippen LogP contribution is 2.28. The molecule has 0 saturated heterocycles. The van der Waals surface area contributed by atoms with Crippen molar-refractivity contribution in [2.75, 3.05) is 13.2 Å². The highest BCUT2D eigenvalue weighted by molar-refractivity contribution is 8.13. The number of carbonyl (C=O) groups excluding carboxylic acids is 1. The van der Waals surface area contributed by atoms with Crippen LogP contribution in [0.2, 0.25) is 0 Å². The Kier molecular flexibility index (Phi) is 4.67. The molecule has 0 radical (unpaired) electrons. The number of rotatable bonds is 6. The molecule has 0 heterocycles. The molecular weight excluding hydrogens is 328 g/mol. The number of amides is 1. The van der Waals surface area contributed by atoms with E-state index in [0.717, 1.165) is 25.0 Å². The van der Waals surface area contributed by atoms with Crippen molar-refractivity contribution in [2.24, 2.45) is 5.92 Å². The molecule has 0 aromatic heterocycles. The molecule has 2 rings (SSSR count). The fourth-order valence-electron chi connectivity index (χ4n) is 1.59. The summed E-state index contributed by atoms with van der Waals surface area (Å²) in [4.78, 5) is 10.4. The summed E-state index contributed by atoms with van der Waals surface area (Å²) in [6, 6.07) is 1.68. The molecule has 1 N–H and O–H groups in total. The average molecular weight is 340 g/mol. The van der Waals surface area contributed by atoms with Crippen LogP contribution in [-0.4, -0.2) is 27.5 Å². The normalized spacial score (nSPS) is 14.8. The van der Waals surface area contributed by atoms with Crippen LogP contribution in [0.25, 0.3) is 0 Å². The van der Waals surface area contributed by atoms with Crippen LogP contribution in [0.5, 0.6) is 5.75 Å². The van der Waals surface area contributed by atoms with Crippen molar-refractivity contribution in [3.8, 4) is 5.75 Å². The van der Waals surface area contributed by atoms with Gasteiger partial charge in [0.25, 0.3) is 15.0 Å². The lowest BCUT2D eigenvalue weighted by atomic mass is 10.3. The van der Waals surface area contributed by atoms with Gasteiger partial charge in [0.1, 0.15) is 4.90 Å². The lowest BCUT2D eigenvalue weighted by molar-refractivity contribution is -0.123. The highest BCUT2D eigenvalue weighted by Gasteiger charge is 2.24. The van der Waals surface area contributed by atoms with E-state index in [2.05, 4.69) is 5.32 Å². The summed E-state index contributed by atoms with van der Waals surface area (Å²) in [6.45, 7) is 0.0402. The molecule has 21 heavy (non-hydrogen) atoms. The number of hydrogen-bond donors (Lipinski definition) is 1. The number of carbonyl (C=O) groups is 1. The minimum atomic E-state index is -4.39. The molecule has 0 aliphatic heterocycles. The number of hydrogen-bond acceptors (Lipinski definition) is 4. The summed E-state index contributed by atoms with van der Waals surface area (Å²) in [5, 5.41) is 2.59. The molecule has 1 aromatic carbocycles. The van der Waals surface area contributed by atoms with E-state index in [4.69, 9.17) is 15.4 Å². The van der Waals surface area contributed by atoms with Crippen LogP contribution < -0.4 is 10.1 Å². The predicted octanol–water partition coefficient (Wildman–Crippen LogP) is 1.80. The Balaban J connectivity index is 2.00. The standard InChI is InChI=1S/C12H12ClF2NO4S/c13-21(18,19)9-4-3-8(11(14)12(9)15)20-6-10(17)16-5-7-1-2-7/h3-4,7H,1-2,5-6H2,(H,16,17). The molecule has 0 bridgehead atoms. The molecule has 1 aliphatic carbocycles. The molecule has 1 fully saturated rings. The van der Waals surface area contributed by atoms with Gasteiger partial charge in [-0.2, -0.15) is 4.39 Å². The monoisotopic (exact) mass is 339 g/mol. The first-order valence-electron chi connectivity index (χ1n) is 6.11. The summed E-state index contributed by atoms with van der Waals surface area (Å²) in [5.74, 6) is -3.68. The van der Waals surface area contributed by atoms with Crippen LogP contribution in [0, 0.1) is 17.6 Å². The molecule has 5 nitrogen and oxygen atoms in total. The molecule has 1 amide bonds. The lowest BCUT2D eigenvalue weighted by Gasteiger charge is -2.09. The van der Waals surface area contributed by atoms with Crippen molar-refractivity contribution in [2.45, 2.75) is 17.7 Å². The van der Waals surface area contributed by atoms with E-state index in [1.807, 2.05) is 0 Å². The Bertz CT molecular complexity index is 661. The van der Waals surface area contributed by atoms with Crippen molar-refractivity contribution in [3.63, 3.8) is 0 Å². The van der Waals surface area contributed by atoms with Crippen LogP contribution in [0.3, 0.4) is 0 Å². The van der Waals surface area contributed by atoms with Gasteiger partial charge in [-0.05, 0) is 30.9 Å². The minimum absolute atomic E-state index is 0.462. The van der Waals surface area contributed by atoms with Gasteiger partial charge in [-0.3, -0.25) is 4.79 Å². The van der Waals surface area contributed by atoms with Crippen LogP contribution in [-0.2, 0) is 13.8 Å². The maximum absolute atomic E-state index is 13.6. The van der Waals surface area contributed by atoms with E-state index >= 15 is 0 Å². The zero-order valence-corrected chi connectivity index (χ0v) is 12.3. The minimum Gasteiger partial charge on any atom is -0.481 e. The predicted molar refractivity (Wildman–Crippen MR) is 70.6 cm³/mol. The maximum atomic E-state index is 13.6. The first-order valence-corrected chi connectivity index (χ1v) is 8.42. The Morgan fingerprint density at radius 1 is 1.33 bits per heavy atom. The number of benzene rings is 1. The summed E-state index contributed by atoms with van der Waals surface area (Å²) in [5.41, 5.74) is 0. The van der Waals surface area contributed by atoms with Gasteiger partial charge in [-0.25, -0.2) is 12.8 Å². The quantitative estimate of drug-likeness (QED) is 0.802. The number of nitrogens with one attached hydrogen (secondary N) is 1. The average Bonchev–Trinajstić information content (AvgIpc) is 3.20. The van der Waals surface area contributed by atoms with Crippen molar-refractivity contribution in [1.29, 1.82) is 0 Å². The molecule has 0 atom stereocenters. The van der Waals surface area contributed by atoms with E-state index in [0.29, 0.717) is 12.5 Å². The lowest BCUT2D eigenvalue weighted by Crippen LogP contribution is -2.30. The molecule has 9 heteroatoms. The van der Waals surface area contributed by atoms with Crippen molar-refractivity contribution in [1.82, 2.24) is 5.32 Å². The van der Waals surface area contributed by atoms with Crippen LogP contribution >= 0.6 is 10.7 Å². The number of ether oxygens (including phenoxy) is 1. The van der Waals surface area contributed by atoms with Gasteiger partial charge in [0.15, 0.2) is 18.2 Å². The Labute approximate surface area is 124 Å². The maximum Gasteiger partial charge on any atom is 0.264 e. The van der Waals surface area contributed by atoms with Gasteiger partial charge in [0.2, 0.25) is 5.82 Å². The summed E-state index contributed by atoms with van der Waals surface area (Å²) < 4.78 is 54.0. The summed E-state index contributed by atoms with van der Waals surface area (Å²) >= 11 is 0. The second-order valence-electron chi connectivity index (χ2n) is 4.66. The SMILES string of the molecule is O=C(COc1ccc(S(=O)(=O)Cl)c(F)c1F)NCC1CC1. The largest absolute Gasteiger partial charge is 0.481 e. The Morgan fingerprint density at radius 2 is 2.00 bits per heavy atom. The fourth-order valence-corrected chi connectivity index (χ4v) is 2.48. The molecule has 116 valence electrons. The Hall–Kier alpha value is -1.41. The summed E-state index contributed by atoms with van der Waals surface area (Å²) in [7, 11) is 0.560. The van der Waals surface area contributed by atoms with Crippen LogP contribution in [0.1, 0.15) is 12.8 Å². The van der Waals surface area contributed by atoms with E-state index in [1.165, 1.54) is 0 Å². The van der Waals surface area contributed by atoms with Gasteiger partial charge in [0.05, 0.1) is 0 Å². The Morgan fingerprint density at radius 3 is 2.57 bits per heavy atom. The van der Waals surface area contributed by atoms with Crippen molar-refractivity contribution >= 4 is 25.6 Å². The van der Waals surface area contributed by atoms with Crippen LogP contribution in [0.4, 0.5) is 8.78 Å². The summed E-state index contributed by atoms with van der Waals surface area (Å²) in [6.07, 6.45) is 2.13. The molecule has 1 saturated carbocycles. The van der Waals surface area contributed by atoms with E-state index in [-0.39, 0.29) is 0 Å². The smallest absolute Gasteiger partial charge is 0.264 e. The first kappa shape index (κ1) is 16.0. The van der Waals surface area contributed by atoms with Gasteiger partial charge in [-0.15, -0.1) is 0 Å². The fraction of sp³-hybridized carbons (Fsp3) is 0.417. The van der Waals surface area contributed by atoms with Gasteiger partial charge in [-0.1, -0.05) is 0 Å². The van der Waals surface area contributed by atoms with Gasteiger partial charge in [0, 0.05) is 17.2 Å². The molecular formula is C12H12ClF2NO4S. The zero-order valence-electron chi connectivity index (χ0n) is 10.7. The molecule has 0 unspecified atom stereocenters. The van der Waals surface area contributed by atoms with E-state index < -0.39 is 43.8 Å². The third kappa shape index (κ3) is 4.28. The molecule has 1 aromatic rings. The molecule has 1 aliphatic rings. The number of halogens is 3. The third-order valence-electron chi connectivity index (χ3n) is 2.92. The van der Waals surface area contributed by atoms with E-state index in [9.17, 15) is 22.0 Å². The zero-order chi connectivity index (χ0) is 15.6. The second kappa shape index (κ2) is 6.15. The van der Waals surface area contributed by atoms with Gasteiger partial charge < -0.3 is 10.1 Å². The second-order valence-corrected chi connectivity index (χ2v) is 7.20. The third-order valence-corrected chi connectivity index (χ3v) is 4.26.